The minimum Gasteiger partial charge on any atom is -0.471 e. The van der Waals surface area contributed by atoms with Gasteiger partial charge in [-0.25, -0.2) is 4.79 Å². The molecule has 2 aromatic carbocycles. The van der Waals surface area contributed by atoms with E-state index in [1.54, 1.807) is 12.1 Å². The van der Waals surface area contributed by atoms with Crippen LogP contribution >= 0.6 is 0 Å². The van der Waals surface area contributed by atoms with Gasteiger partial charge in [-0.2, -0.15) is 9.98 Å². The summed E-state index contributed by atoms with van der Waals surface area (Å²) in [6.07, 6.45) is 1.85. The summed E-state index contributed by atoms with van der Waals surface area (Å²) in [7, 11) is 0. The highest BCUT2D eigenvalue weighted by molar-refractivity contribution is 5.84. The van der Waals surface area contributed by atoms with Crippen LogP contribution in [0.25, 0.3) is 0 Å². The minimum absolute atomic E-state index is 0.402. The van der Waals surface area contributed by atoms with Crippen molar-refractivity contribution in [2.75, 3.05) is 6.73 Å². The Bertz CT molecular complexity index is 804. The summed E-state index contributed by atoms with van der Waals surface area (Å²) in [5.74, 6) is 0.944. The van der Waals surface area contributed by atoms with Gasteiger partial charge in [0.15, 0.2) is 6.73 Å². The number of hydrogen-bond acceptors (Lipinski definition) is 3. The normalized spacial score (nSPS) is 13.9. The smallest absolute Gasteiger partial charge is 0.368 e. The van der Waals surface area contributed by atoms with Crippen molar-refractivity contribution in [3.8, 4) is 5.75 Å². The summed E-state index contributed by atoms with van der Waals surface area (Å²) in [4.78, 5) is 21.9. The highest BCUT2D eigenvalue weighted by Crippen LogP contribution is 2.20. The number of fused-ring (bicyclic) bond motifs is 2. The highest BCUT2D eigenvalue weighted by Gasteiger charge is 2.04. The van der Waals surface area contributed by atoms with Gasteiger partial charge >= 0.3 is 6.03 Å². The van der Waals surface area contributed by atoms with E-state index in [9.17, 15) is 4.79 Å². The van der Waals surface area contributed by atoms with Crippen molar-refractivity contribution < 1.29 is 9.53 Å². The van der Waals surface area contributed by atoms with Crippen LogP contribution in [0.2, 0.25) is 0 Å². The zero-order chi connectivity index (χ0) is 14.7. The number of ether oxygens (including phenoxy) is 1. The van der Waals surface area contributed by atoms with Gasteiger partial charge in [0, 0.05) is 11.8 Å². The Hall–Kier alpha value is -2.82. The molecule has 0 unspecified atom stereocenters. The second kappa shape index (κ2) is 5.66. The lowest BCUT2D eigenvalue weighted by atomic mass is 10.1. The fourth-order valence-corrected chi connectivity index (χ4v) is 2.00. The van der Waals surface area contributed by atoms with Crippen LogP contribution in [0.4, 0.5) is 4.79 Å². The zero-order valence-electron chi connectivity index (χ0n) is 11.5. The van der Waals surface area contributed by atoms with E-state index in [1.165, 1.54) is 5.56 Å². The number of benzene rings is 2. The Morgan fingerprint density at radius 3 is 2.48 bits per heavy atom. The molecule has 0 fully saturated rings. The Labute approximate surface area is 121 Å². The maximum Gasteiger partial charge on any atom is 0.368 e. The van der Waals surface area contributed by atoms with Crippen LogP contribution in [0.3, 0.4) is 0 Å². The van der Waals surface area contributed by atoms with E-state index in [4.69, 9.17) is 4.74 Å². The lowest BCUT2D eigenvalue weighted by molar-refractivity contribution is 0.256. The third-order valence-electron chi connectivity index (χ3n) is 3.01. The van der Waals surface area contributed by atoms with E-state index in [1.807, 2.05) is 30.5 Å². The number of carbonyl (C=O) groups is 1. The summed E-state index contributed by atoms with van der Waals surface area (Å²) in [5.41, 5.74) is 2.29. The lowest BCUT2D eigenvalue weighted by Crippen LogP contribution is -2.19. The maximum atomic E-state index is 10.6. The number of para-hydroxylation sites is 2. The predicted octanol–water partition coefficient (Wildman–Crippen LogP) is 1.82. The van der Waals surface area contributed by atoms with Crippen molar-refractivity contribution in [2.45, 2.75) is 6.92 Å². The van der Waals surface area contributed by atoms with E-state index in [-0.39, 0.29) is 0 Å². The van der Waals surface area contributed by atoms with Crippen LogP contribution in [-0.4, -0.2) is 19.0 Å². The van der Waals surface area contributed by atoms with E-state index in [0.717, 1.165) is 11.3 Å². The Balaban J connectivity index is 0.000000126. The molecular weight excluding hydrogens is 266 g/mol. The molecule has 0 atom stereocenters. The monoisotopic (exact) mass is 279 g/mol. The van der Waals surface area contributed by atoms with Gasteiger partial charge in [-0.1, -0.05) is 18.2 Å². The number of aryl methyl sites for hydroxylation is 1. The Kier molecular flexibility index (Phi) is 3.55. The molecule has 2 aromatic rings. The van der Waals surface area contributed by atoms with E-state index in [2.05, 4.69) is 28.0 Å². The summed E-state index contributed by atoms with van der Waals surface area (Å²) in [5, 5.41) is 1.35. The number of rotatable bonds is 0. The first-order chi connectivity index (χ1) is 10.2. The average Bonchev–Trinajstić information content (AvgIpc) is 2.88. The highest BCUT2D eigenvalue weighted by atomic mass is 16.5. The van der Waals surface area contributed by atoms with Gasteiger partial charge < -0.3 is 4.74 Å². The van der Waals surface area contributed by atoms with Gasteiger partial charge in [-0.15, -0.1) is 0 Å². The first-order valence-corrected chi connectivity index (χ1v) is 6.52. The van der Waals surface area contributed by atoms with Gasteiger partial charge in [0.25, 0.3) is 0 Å². The van der Waals surface area contributed by atoms with Gasteiger partial charge in [0.2, 0.25) is 0 Å². The molecule has 2 aliphatic heterocycles. The SMILES string of the molecule is Cc1ccc2c(c1)OCN=C2.O=C1N=c2ccccc2=N1. The second-order valence-electron chi connectivity index (χ2n) is 4.62. The number of aliphatic imine (C=N–C) groups is 1. The van der Waals surface area contributed by atoms with E-state index in [0.29, 0.717) is 17.4 Å². The van der Waals surface area contributed by atoms with Crippen LogP contribution < -0.4 is 15.5 Å². The molecule has 104 valence electrons. The number of nitrogens with zero attached hydrogens (tertiary/aromatic N) is 3. The quantitative estimate of drug-likeness (QED) is 0.738. The third-order valence-corrected chi connectivity index (χ3v) is 3.01. The molecule has 0 radical (unpaired) electrons. The molecule has 2 amide bonds. The molecule has 4 rings (SSSR count). The summed E-state index contributed by atoms with van der Waals surface area (Å²) < 4.78 is 5.31. The second-order valence-corrected chi connectivity index (χ2v) is 4.62. The third kappa shape index (κ3) is 3.02. The average molecular weight is 279 g/mol. The maximum absolute atomic E-state index is 10.6. The summed E-state index contributed by atoms with van der Waals surface area (Å²) >= 11 is 0. The van der Waals surface area contributed by atoms with Crippen LogP contribution in [0.5, 0.6) is 5.75 Å². The molecule has 21 heavy (non-hydrogen) atoms. The minimum atomic E-state index is -0.402. The molecule has 5 heteroatoms. The predicted molar refractivity (Wildman–Crippen MR) is 78.4 cm³/mol. The molecular formula is C16H13N3O2. The summed E-state index contributed by atoms with van der Waals surface area (Å²) in [6.45, 7) is 2.51. The first-order valence-electron chi connectivity index (χ1n) is 6.52. The van der Waals surface area contributed by atoms with Crippen LogP contribution in [0, 0.1) is 6.92 Å². The molecule has 2 heterocycles. The van der Waals surface area contributed by atoms with Gasteiger partial charge in [-0.3, -0.25) is 4.99 Å². The standard InChI is InChI=1S/C9H9NO.C7H4N2O/c1-7-2-3-8-5-10-6-11-9(8)4-7;10-7-8-5-3-1-2-4-6(5)9-7/h2-5H,6H2,1H3;1-4H. The number of hydrogen-bond donors (Lipinski definition) is 0. The molecule has 2 aliphatic rings. The van der Waals surface area contributed by atoms with E-state index >= 15 is 0 Å². The van der Waals surface area contributed by atoms with Crippen molar-refractivity contribution in [3.63, 3.8) is 0 Å². The number of urea groups is 1. The van der Waals surface area contributed by atoms with Gasteiger partial charge in [0.05, 0.1) is 10.7 Å². The lowest BCUT2D eigenvalue weighted by Gasteiger charge is -2.11. The van der Waals surface area contributed by atoms with Gasteiger partial charge in [-0.05, 0) is 36.8 Å². The molecule has 0 bridgehead atoms. The topological polar surface area (TPSA) is 63.4 Å². The van der Waals surface area contributed by atoms with Gasteiger partial charge in [0.1, 0.15) is 5.75 Å². The fraction of sp³-hybridized carbons (Fsp3) is 0.125. The zero-order valence-corrected chi connectivity index (χ0v) is 11.5. The Morgan fingerprint density at radius 1 is 1.05 bits per heavy atom. The Morgan fingerprint density at radius 2 is 1.76 bits per heavy atom. The van der Waals surface area contributed by atoms with Crippen molar-refractivity contribution in [1.82, 2.24) is 0 Å². The molecule has 0 saturated heterocycles. The van der Waals surface area contributed by atoms with Crippen molar-refractivity contribution in [2.24, 2.45) is 15.0 Å². The largest absolute Gasteiger partial charge is 0.471 e. The molecule has 0 spiro atoms. The molecule has 5 nitrogen and oxygen atoms in total. The summed E-state index contributed by atoms with van der Waals surface area (Å²) in [6, 6.07) is 12.9. The first kappa shape index (κ1) is 13.2. The number of amides is 2. The molecule has 0 aromatic heterocycles. The molecule has 0 aliphatic carbocycles. The van der Waals surface area contributed by atoms with E-state index < -0.39 is 6.03 Å². The van der Waals surface area contributed by atoms with Crippen LogP contribution in [-0.2, 0) is 0 Å². The van der Waals surface area contributed by atoms with Crippen molar-refractivity contribution >= 4 is 12.2 Å². The fourth-order valence-electron chi connectivity index (χ4n) is 2.00. The van der Waals surface area contributed by atoms with Crippen molar-refractivity contribution in [1.29, 1.82) is 0 Å². The molecule has 0 N–H and O–H groups in total. The number of carbonyl (C=O) groups excluding carboxylic acids is 1. The van der Waals surface area contributed by atoms with Crippen molar-refractivity contribution in [3.05, 3.63) is 64.3 Å². The van der Waals surface area contributed by atoms with Crippen LogP contribution in [0.15, 0.2) is 57.4 Å². The molecule has 0 saturated carbocycles. The van der Waals surface area contributed by atoms with Crippen LogP contribution in [0.1, 0.15) is 11.1 Å².